The maximum absolute atomic E-state index is 4.65. The van der Waals surface area contributed by atoms with Crippen molar-refractivity contribution in [2.24, 2.45) is 20.5 Å². The van der Waals surface area contributed by atoms with Crippen molar-refractivity contribution in [1.29, 1.82) is 0 Å². The smallest absolute Gasteiger partial charge is 0.231 e. The van der Waals surface area contributed by atoms with Crippen LogP contribution < -0.4 is 4.90 Å². The molecule has 218 valence electrons. The molecular weight excluding hydrogens is 545 g/mol. The summed E-state index contributed by atoms with van der Waals surface area (Å²) in [7, 11) is 0. The van der Waals surface area contributed by atoms with Crippen LogP contribution >= 0.6 is 22.7 Å². The molecule has 8 heteroatoms. The first kappa shape index (κ1) is 31.0. The van der Waals surface area contributed by atoms with Crippen molar-refractivity contribution < 1.29 is 0 Å². The van der Waals surface area contributed by atoms with Crippen molar-refractivity contribution in [3.8, 4) is 0 Å². The predicted molar refractivity (Wildman–Crippen MR) is 178 cm³/mol. The van der Waals surface area contributed by atoms with E-state index in [9.17, 15) is 0 Å². The van der Waals surface area contributed by atoms with Gasteiger partial charge in [0, 0.05) is 18.8 Å². The Morgan fingerprint density at radius 2 is 1.24 bits per heavy atom. The Labute approximate surface area is 253 Å². The van der Waals surface area contributed by atoms with Crippen LogP contribution in [0.3, 0.4) is 0 Å². The molecule has 2 aromatic heterocycles. The maximum atomic E-state index is 4.65. The van der Waals surface area contributed by atoms with Gasteiger partial charge in [-0.2, -0.15) is 0 Å². The molecule has 0 aliphatic rings. The number of aromatic nitrogens is 1. The molecule has 0 aliphatic carbocycles. The van der Waals surface area contributed by atoms with E-state index in [0.29, 0.717) is 5.13 Å². The number of nitrogens with zero attached hydrogens (tertiary/aromatic N) is 6. The van der Waals surface area contributed by atoms with Gasteiger partial charge in [0.25, 0.3) is 0 Å². The fourth-order valence-corrected chi connectivity index (χ4v) is 6.53. The van der Waals surface area contributed by atoms with Crippen LogP contribution in [0.4, 0.5) is 27.2 Å². The molecule has 2 heterocycles. The highest BCUT2D eigenvalue weighted by Gasteiger charge is 2.09. The van der Waals surface area contributed by atoms with Crippen molar-refractivity contribution in [2.45, 2.75) is 91.4 Å². The molecule has 6 nitrogen and oxygen atoms in total. The van der Waals surface area contributed by atoms with Crippen molar-refractivity contribution in [2.75, 3.05) is 18.0 Å². The Bertz CT molecular complexity index is 1310. The SMILES string of the molecule is CCCCCCN(CCCCCC)c1ccc(N=Nc2nc3sc(N=Nc4ccc(CCCC)cc4)cc3s2)cc1. The second-order valence-electron chi connectivity index (χ2n) is 10.5. The summed E-state index contributed by atoms with van der Waals surface area (Å²) in [5.41, 5.74) is 4.34. The summed E-state index contributed by atoms with van der Waals surface area (Å²) in [4.78, 5) is 8.12. The molecule has 0 atom stereocenters. The number of benzene rings is 2. The van der Waals surface area contributed by atoms with E-state index >= 15 is 0 Å². The Morgan fingerprint density at radius 1 is 0.634 bits per heavy atom. The number of hydrogen-bond acceptors (Lipinski definition) is 8. The molecule has 0 saturated carbocycles. The molecule has 4 aromatic rings. The number of azo groups is 2. The lowest BCUT2D eigenvalue weighted by atomic mass is 10.1. The number of hydrogen-bond donors (Lipinski definition) is 0. The zero-order valence-electron chi connectivity index (χ0n) is 24.9. The number of anilines is 1. The van der Waals surface area contributed by atoms with Crippen LogP contribution in [0.25, 0.3) is 9.53 Å². The quantitative estimate of drug-likeness (QED) is 0.0857. The summed E-state index contributed by atoms with van der Waals surface area (Å²) in [6.07, 6.45) is 13.8. The lowest BCUT2D eigenvalue weighted by molar-refractivity contribution is 0.609. The minimum absolute atomic E-state index is 0.662. The molecule has 0 bridgehead atoms. The van der Waals surface area contributed by atoms with Gasteiger partial charge in [0.2, 0.25) is 5.13 Å². The zero-order valence-corrected chi connectivity index (χ0v) is 26.5. The summed E-state index contributed by atoms with van der Waals surface area (Å²) in [5, 5.41) is 19.2. The summed E-state index contributed by atoms with van der Waals surface area (Å²) in [5.74, 6) is 0. The third kappa shape index (κ3) is 10.1. The predicted octanol–water partition coefficient (Wildman–Crippen LogP) is 12.5. The molecule has 0 saturated heterocycles. The van der Waals surface area contributed by atoms with Gasteiger partial charge in [0.05, 0.1) is 16.1 Å². The average molecular weight is 589 g/mol. The van der Waals surface area contributed by atoms with E-state index in [1.807, 2.05) is 18.2 Å². The van der Waals surface area contributed by atoms with Crippen LogP contribution in [-0.2, 0) is 6.42 Å². The summed E-state index contributed by atoms with van der Waals surface area (Å²) < 4.78 is 1.06. The number of fused-ring (bicyclic) bond motifs is 1. The molecule has 41 heavy (non-hydrogen) atoms. The summed E-state index contributed by atoms with van der Waals surface area (Å²) in [6.45, 7) is 8.99. The Kier molecular flexibility index (Phi) is 12.9. The molecule has 0 spiro atoms. The molecule has 0 amide bonds. The summed E-state index contributed by atoms with van der Waals surface area (Å²) in [6, 6.07) is 18.9. The zero-order chi connectivity index (χ0) is 28.7. The first-order chi connectivity index (χ1) is 20.2. The Morgan fingerprint density at radius 3 is 1.85 bits per heavy atom. The minimum Gasteiger partial charge on any atom is -0.372 e. The topological polar surface area (TPSA) is 65.6 Å². The first-order valence-corrected chi connectivity index (χ1v) is 17.0. The van der Waals surface area contributed by atoms with Crippen LogP contribution in [0.5, 0.6) is 0 Å². The van der Waals surface area contributed by atoms with Crippen LogP contribution in [0.15, 0.2) is 75.1 Å². The lowest BCUT2D eigenvalue weighted by Crippen LogP contribution is -2.25. The molecule has 0 aliphatic heterocycles. The highest BCUT2D eigenvalue weighted by Crippen LogP contribution is 2.39. The second kappa shape index (κ2) is 17.1. The Hall–Kier alpha value is -2.97. The van der Waals surface area contributed by atoms with E-state index in [1.54, 1.807) is 0 Å². The van der Waals surface area contributed by atoms with E-state index in [0.717, 1.165) is 45.4 Å². The van der Waals surface area contributed by atoms with Gasteiger partial charge in [-0.1, -0.05) is 101 Å². The normalized spacial score (nSPS) is 11.9. The molecule has 2 aromatic carbocycles. The molecule has 0 N–H and O–H groups in total. The van der Waals surface area contributed by atoms with Crippen LogP contribution in [-0.4, -0.2) is 18.1 Å². The highest BCUT2D eigenvalue weighted by molar-refractivity contribution is 7.30. The molecular formula is C33H44N6S2. The monoisotopic (exact) mass is 588 g/mol. The van der Waals surface area contributed by atoms with Gasteiger partial charge >= 0.3 is 0 Å². The first-order valence-electron chi connectivity index (χ1n) is 15.4. The van der Waals surface area contributed by atoms with Gasteiger partial charge in [-0.25, -0.2) is 4.98 Å². The number of rotatable bonds is 18. The van der Waals surface area contributed by atoms with E-state index in [-0.39, 0.29) is 0 Å². The number of thiophene rings is 1. The van der Waals surface area contributed by atoms with Gasteiger partial charge in [-0.3, -0.25) is 0 Å². The van der Waals surface area contributed by atoms with Gasteiger partial charge in [0.1, 0.15) is 9.83 Å². The fourth-order valence-electron chi connectivity index (χ4n) is 4.68. The van der Waals surface area contributed by atoms with Crippen molar-refractivity contribution >= 4 is 59.4 Å². The number of thiazole rings is 1. The molecule has 0 unspecified atom stereocenters. The maximum Gasteiger partial charge on any atom is 0.231 e. The minimum atomic E-state index is 0.662. The molecule has 0 fully saturated rings. The van der Waals surface area contributed by atoms with Crippen molar-refractivity contribution in [1.82, 2.24) is 4.98 Å². The summed E-state index contributed by atoms with van der Waals surface area (Å²) >= 11 is 3.06. The van der Waals surface area contributed by atoms with Crippen LogP contribution in [0.1, 0.15) is 90.5 Å². The van der Waals surface area contributed by atoms with E-state index < -0.39 is 0 Å². The van der Waals surface area contributed by atoms with Crippen LogP contribution in [0.2, 0.25) is 0 Å². The van der Waals surface area contributed by atoms with E-state index in [1.165, 1.54) is 98.1 Å². The standard InChI is InChI=1S/C33H44N6S2/c1-4-7-10-12-23-39(24-13-11-8-5-2)29-21-19-28(20-22-29)36-38-33-34-32-30(40-33)25-31(41-32)37-35-27-17-15-26(16-18-27)14-9-6-3/h15-22,25H,4-14,23-24H2,1-3H3. The lowest BCUT2D eigenvalue weighted by Gasteiger charge is -2.25. The second-order valence-corrected chi connectivity index (χ2v) is 12.6. The van der Waals surface area contributed by atoms with Gasteiger partial charge in [0.15, 0.2) is 0 Å². The number of aryl methyl sites for hydroxylation is 1. The fraction of sp³-hybridized carbons (Fsp3) is 0.485. The number of unbranched alkanes of at least 4 members (excludes halogenated alkanes) is 7. The largest absolute Gasteiger partial charge is 0.372 e. The van der Waals surface area contributed by atoms with Crippen molar-refractivity contribution in [3.63, 3.8) is 0 Å². The highest BCUT2D eigenvalue weighted by atomic mass is 32.1. The van der Waals surface area contributed by atoms with E-state index in [4.69, 9.17) is 0 Å². The van der Waals surface area contributed by atoms with Gasteiger partial charge in [-0.15, -0.1) is 20.5 Å². The third-order valence-corrected chi connectivity index (χ3v) is 9.04. The third-order valence-electron chi connectivity index (χ3n) is 7.11. The molecule has 4 rings (SSSR count). The van der Waals surface area contributed by atoms with Gasteiger partial charge in [-0.05, 0) is 73.7 Å². The van der Waals surface area contributed by atoms with E-state index in [2.05, 4.69) is 87.5 Å². The Balaban J connectivity index is 1.33. The van der Waals surface area contributed by atoms with Crippen LogP contribution in [0, 0.1) is 0 Å². The van der Waals surface area contributed by atoms with Crippen molar-refractivity contribution in [3.05, 3.63) is 60.2 Å². The van der Waals surface area contributed by atoms with Gasteiger partial charge < -0.3 is 4.90 Å². The average Bonchev–Trinajstić information content (AvgIpc) is 3.56. The molecule has 0 radical (unpaired) electrons.